The summed E-state index contributed by atoms with van der Waals surface area (Å²) in [5.74, 6) is 0.746. The molecule has 0 aliphatic heterocycles. The highest BCUT2D eigenvalue weighted by molar-refractivity contribution is 5.97. The summed E-state index contributed by atoms with van der Waals surface area (Å²) in [5, 5.41) is 2.96. The highest BCUT2D eigenvalue weighted by Crippen LogP contribution is 2.28. The first-order chi connectivity index (χ1) is 9.87. The summed E-state index contributed by atoms with van der Waals surface area (Å²) in [7, 11) is 1.65. The van der Waals surface area contributed by atoms with E-state index in [9.17, 15) is 4.79 Å². The molecule has 0 radical (unpaired) electrons. The van der Waals surface area contributed by atoms with Gasteiger partial charge in [-0.05, 0) is 56.9 Å². The van der Waals surface area contributed by atoms with Gasteiger partial charge in [-0.15, -0.1) is 0 Å². The third-order valence-electron chi connectivity index (χ3n) is 3.70. The average Bonchev–Trinajstić information content (AvgIpc) is 2.44. The minimum Gasteiger partial charge on any atom is -0.496 e. The Hall–Kier alpha value is -1.55. The predicted molar refractivity (Wildman–Crippen MR) is 86.0 cm³/mol. The Morgan fingerprint density at radius 3 is 2.24 bits per heavy atom. The van der Waals surface area contributed by atoms with E-state index in [2.05, 4.69) is 5.32 Å². The van der Waals surface area contributed by atoms with E-state index in [-0.39, 0.29) is 5.91 Å². The van der Waals surface area contributed by atoms with Crippen molar-refractivity contribution in [1.82, 2.24) is 0 Å². The first-order valence-electron chi connectivity index (χ1n) is 7.48. The zero-order valence-corrected chi connectivity index (χ0v) is 14.0. The number of hydrogen-bond donors (Lipinski definition) is 1. The normalized spacial score (nSPS) is 13.6. The Bertz CT molecular complexity index is 476. The van der Waals surface area contributed by atoms with Crippen molar-refractivity contribution < 1.29 is 14.3 Å². The molecule has 1 aromatic rings. The summed E-state index contributed by atoms with van der Waals surface area (Å²) < 4.78 is 11.1. The molecule has 0 saturated heterocycles. The molecule has 1 aromatic carbocycles. The van der Waals surface area contributed by atoms with Gasteiger partial charge in [-0.2, -0.15) is 0 Å². The van der Waals surface area contributed by atoms with E-state index < -0.39 is 5.60 Å². The van der Waals surface area contributed by atoms with E-state index in [0.29, 0.717) is 13.0 Å². The molecule has 0 aliphatic carbocycles. The monoisotopic (exact) mass is 293 g/mol. The molecule has 4 nitrogen and oxygen atoms in total. The number of methoxy groups -OCH3 is 1. The van der Waals surface area contributed by atoms with Crippen LogP contribution in [0.5, 0.6) is 5.75 Å². The van der Waals surface area contributed by atoms with Crippen LogP contribution in [0.4, 0.5) is 5.69 Å². The quantitative estimate of drug-likeness (QED) is 0.830. The highest BCUT2D eigenvalue weighted by atomic mass is 16.5. The fourth-order valence-electron chi connectivity index (χ4n) is 2.26. The van der Waals surface area contributed by atoms with Crippen LogP contribution in [0.1, 0.15) is 44.7 Å². The maximum atomic E-state index is 12.5. The molecule has 0 heterocycles. The van der Waals surface area contributed by atoms with Gasteiger partial charge in [0.05, 0.1) is 7.11 Å². The lowest BCUT2D eigenvalue weighted by Gasteiger charge is -2.27. The molecular formula is C17H27NO3. The molecule has 0 spiro atoms. The van der Waals surface area contributed by atoms with Crippen molar-refractivity contribution >= 4 is 11.6 Å². The van der Waals surface area contributed by atoms with Crippen molar-refractivity contribution in [2.45, 2.75) is 53.1 Å². The van der Waals surface area contributed by atoms with Gasteiger partial charge in [0.15, 0.2) is 0 Å². The summed E-state index contributed by atoms with van der Waals surface area (Å²) in [6, 6.07) is 3.83. The minimum absolute atomic E-state index is 0.109. The summed E-state index contributed by atoms with van der Waals surface area (Å²) in [6.07, 6.45) is 1.52. The van der Waals surface area contributed by atoms with Crippen molar-refractivity contribution in [2.24, 2.45) is 0 Å². The molecule has 0 saturated carbocycles. The lowest BCUT2D eigenvalue weighted by molar-refractivity contribution is -0.139. The molecule has 0 aromatic heterocycles. The summed E-state index contributed by atoms with van der Waals surface area (Å²) in [5.41, 5.74) is 1.98. The number of hydrogen-bond acceptors (Lipinski definition) is 3. The smallest absolute Gasteiger partial charge is 0.256 e. The van der Waals surface area contributed by atoms with Crippen LogP contribution in [-0.4, -0.2) is 25.2 Å². The number of carbonyl (C=O) groups is 1. The topological polar surface area (TPSA) is 47.6 Å². The number of nitrogens with one attached hydrogen (secondary N) is 1. The summed E-state index contributed by atoms with van der Waals surface area (Å²) in [6.45, 7) is 10.3. The van der Waals surface area contributed by atoms with Crippen LogP contribution < -0.4 is 10.1 Å². The Morgan fingerprint density at radius 2 is 1.81 bits per heavy atom. The van der Waals surface area contributed by atoms with Crippen molar-refractivity contribution in [1.29, 1.82) is 0 Å². The van der Waals surface area contributed by atoms with Crippen molar-refractivity contribution in [3.63, 3.8) is 0 Å². The number of aryl methyl sites for hydroxylation is 2. The number of rotatable bonds is 7. The lowest BCUT2D eigenvalue weighted by Crippen LogP contribution is -2.42. The molecule has 21 heavy (non-hydrogen) atoms. The molecule has 0 aliphatic rings. The molecule has 4 heteroatoms. The van der Waals surface area contributed by atoms with Crippen LogP contribution in [0.25, 0.3) is 0 Å². The van der Waals surface area contributed by atoms with Crippen molar-refractivity contribution in [3.05, 3.63) is 23.3 Å². The van der Waals surface area contributed by atoms with Gasteiger partial charge in [0, 0.05) is 12.3 Å². The fraction of sp³-hybridized carbons (Fsp3) is 0.588. The Balaban J connectivity index is 2.92. The summed E-state index contributed by atoms with van der Waals surface area (Å²) >= 11 is 0. The molecule has 0 fully saturated rings. The molecule has 1 rings (SSSR count). The third kappa shape index (κ3) is 4.21. The molecular weight excluding hydrogens is 266 g/mol. The fourth-order valence-corrected chi connectivity index (χ4v) is 2.26. The van der Waals surface area contributed by atoms with E-state index in [1.807, 2.05) is 46.8 Å². The molecule has 1 N–H and O–H groups in total. The maximum Gasteiger partial charge on any atom is 0.256 e. The van der Waals surface area contributed by atoms with Crippen LogP contribution >= 0.6 is 0 Å². The van der Waals surface area contributed by atoms with E-state index in [1.165, 1.54) is 0 Å². The predicted octanol–water partition coefficient (Wildman–Crippen LogP) is 3.85. The van der Waals surface area contributed by atoms with Crippen LogP contribution in [0, 0.1) is 13.8 Å². The zero-order chi connectivity index (χ0) is 16.0. The van der Waals surface area contributed by atoms with Gasteiger partial charge in [-0.3, -0.25) is 4.79 Å². The van der Waals surface area contributed by atoms with Crippen LogP contribution in [0.2, 0.25) is 0 Å². The lowest BCUT2D eigenvalue weighted by atomic mass is 10.0. The minimum atomic E-state index is -0.794. The third-order valence-corrected chi connectivity index (χ3v) is 3.70. The first-order valence-corrected chi connectivity index (χ1v) is 7.48. The molecule has 1 atom stereocenters. The number of anilines is 1. The van der Waals surface area contributed by atoms with Gasteiger partial charge < -0.3 is 14.8 Å². The highest BCUT2D eigenvalue weighted by Gasteiger charge is 2.32. The first kappa shape index (κ1) is 17.5. The Morgan fingerprint density at radius 1 is 1.24 bits per heavy atom. The summed E-state index contributed by atoms with van der Waals surface area (Å²) in [4.78, 5) is 12.5. The largest absolute Gasteiger partial charge is 0.496 e. The second-order valence-electron chi connectivity index (χ2n) is 5.53. The number of benzene rings is 1. The van der Waals surface area contributed by atoms with Crippen LogP contribution in [-0.2, 0) is 9.53 Å². The van der Waals surface area contributed by atoms with E-state index in [4.69, 9.17) is 9.47 Å². The van der Waals surface area contributed by atoms with Gasteiger partial charge in [-0.1, -0.05) is 13.8 Å². The standard InChI is InChI=1S/C17H27NO3/c1-7-9-21-17(5,8-2)16(19)18-14-10-12(3)15(20-6)13(4)11-14/h10-11H,7-9H2,1-6H3,(H,18,19)/t17-/m0/s1. The number of carbonyl (C=O) groups excluding carboxylic acids is 1. The molecule has 118 valence electrons. The van der Waals surface area contributed by atoms with E-state index >= 15 is 0 Å². The van der Waals surface area contributed by atoms with Crippen LogP contribution in [0.3, 0.4) is 0 Å². The number of amides is 1. The van der Waals surface area contributed by atoms with Gasteiger partial charge >= 0.3 is 0 Å². The number of ether oxygens (including phenoxy) is 2. The molecule has 1 amide bonds. The Labute approximate surface area is 127 Å². The zero-order valence-electron chi connectivity index (χ0n) is 14.0. The molecule has 0 bridgehead atoms. The molecule has 0 unspecified atom stereocenters. The van der Waals surface area contributed by atoms with Crippen LogP contribution in [0.15, 0.2) is 12.1 Å². The van der Waals surface area contributed by atoms with E-state index in [0.717, 1.165) is 29.0 Å². The Kier molecular flexibility index (Phi) is 6.21. The SMILES string of the molecule is CCCO[C@@](C)(CC)C(=O)Nc1cc(C)c(OC)c(C)c1. The van der Waals surface area contributed by atoms with E-state index in [1.54, 1.807) is 7.11 Å². The second kappa shape index (κ2) is 7.46. The maximum absolute atomic E-state index is 12.5. The van der Waals surface area contributed by atoms with Gasteiger partial charge in [0.1, 0.15) is 11.4 Å². The van der Waals surface area contributed by atoms with Gasteiger partial charge in [-0.25, -0.2) is 0 Å². The van der Waals surface area contributed by atoms with Crippen molar-refractivity contribution in [3.8, 4) is 5.75 Å². The second-order valence-corrected chi connectivity index (χ2v) is 5.53. The van der Waals surface area contributed by atoms with Gasteiger partial charge in [0.25, 0.3) is 5.91 Å². The van der Waals surface area contributed by atoms with Gasteiger partial charge in [0.2, 0.25) is 0 Å². The van der Waals surface area contributed by atoms with Crippen molar-refractivity contribution in [2.75, 3.05) is 19.0 Å². The average molecular weight is 293 g/mol.